The van der Waals surface area contributed by atoms with Crippen LogP contribution >= 0.6 is 0 Å². The molecule has 5 heteroatoms. The van der Waals surface area contributed by atoms with Crippen molar-refractivity contribution in [2.24, 2.45) is 0 Å². The number of amides is 1. The zero-order valence-electron chi connectivity index (χ0n) is 17.4. The molecule has 3 aromatic carbocycles. The molecule has 0 bridgehead atoms. The number of nitrogens with zero attached hydrogens (tertiary/aromatic N) is 2. The van der Waals surface area contributed by atoms with Gasteiger partial charge < -0.3 is 10.1 Å². The molecule has 1 aromatic heterocycles. The van der Waals surface area contributed by atoms with Gasteiger partial charge in [-0.1, -0.05) is 60.2 Å². The highest BCUT2D eigenvalue weighted by Gasteiger charge is 2.12. The van der Waals surface area contributed by atoms with Crippen LogP contribution in [0.3, 0.4) is 0 Å². The van der Waals surface area contributed by atoms with Gasteiger partial charge in [0.1, 0.15) is 5.75 Å². The molecule has 1 N–H and O–H groups in total. The summed E-state index contributed by atoms with van der Waals surface area (Å²) in [5, 5.41) is 3.06. The first kappa shape index (κ1) is 20.3. The molecule has 4 aromatic rings. The zero-order chi connectivity index (χ0) is 21.6. The predicted octanol–water partition coefficient (Wildman–Crippen LogP) is 5.74. The fourth-order valence-corrected chi connectivity index (χ4v) is 3.17. The van der Waals surface area contributed by atoms with Crippen molar-refractivity contribution in [3.05, 3.63) is 108 Å². The monoisotopic (exact) mass is 409 g/mol. The Morgan fingerprint density at radius 2 is 1.58 bits per heavy atom. The van der Waals surface area contributed by atoms with Crippen LogP contribution in [0, 0.1) is 6.92 Å². The van der Waals surface area contributed by atoms with E-state index in [0.29, 0.717) is 11.3 Å². The standard InChI is InChI=1S/C26H23N3O2/c1-18-11-13-20(14-12-18)19(2)29-25(30)22-8-6-7-21(15-22)23-16-27-26(28-17-23)31-24-9-4-3-5-10-24/h3-17,19H,1-2H3,(H,29,30). The van der Waals surface area contributed by atoms with Crippen molar-refractivity contribution < 1.29 is 9.53 Å². The van der Waals surface area contributed by atoms with Gasteiger partial charge in [-0.05, 0) is 49.2 Å². The molecular formula is C26H23N3O2. The summed E-state index contributed by atoms with van der Waals surface area (Å²) in [7, 11) is 0. The molecule has 0 radical (unpaired) electrons. The van der Waals surface area contributed by atoms with Gasteiger partial charge in [0.15, 0.2) is 0 Å². The number of ether oxygens (including phenoxy) is 1. The topological polar surface area (TPSA) is 64.1 Å². The second kappa shape index (κ2) is 9.22. The van der Waals surface area contributed by atoms with Gasteiger partial charge >= 0.3 is 6.01 Å². The molecule has 0 saturated carbocycles. The van der Waals surface area contributed by atoms with Crippen molar-refractivity contribution in [3.63, 3.8) is 0 Å². The van der Waals surface area contributed by atoms with E-state index in [1.165, 1.54) is 5.56 Å². The largest absolute Gasteiger partial charge is 0.424 e. The van der Waals surface area contributed by atoms with Crippen molar-refractivity contribution in [2.75, 3.05) is 0 Å². The molecule has 154 valence electrons. The van der Waals surface area contributed by atoms with Crippen LogP contribution in [0.15, 0.2) is 91.3 Å². The smallest absolute Gasteiger partial charge is 0.321 e. The number of aryl methyl sites for hydroxylation is 1. The Bertz CT molecular complexity index is 1160. The highest BCUT2D eigenvalue weighted by atomic mass is 16.5. The van der Waals surface area contributed by atoms with Gasteiger partial charge in [0.2, 0.25) is 0 Å². The van der Waals surface area contributed by atoms with Crippen LogP contribution in [0.4, 0.5) is 0 Å². The van der Waals surface area contributed by atoms with Gasteiger partial charge in [-0.15, -0.1) is 0 Å². The molecule has 0 aliphatic carbocycles. The number of carbonyl (C=O) groups excluding carboxylic acids is 1. The van der Waals surface area contributed by atoms with Crippen molar-refractivity contribution >= 4 is 5.91 Å². The van der Waals surface area contributed by atoms with Crippen LogP contribution in [-0.4, -0.2) is 15.9 Å². The maximum atomic E-state index is 12.8. The predicted molar refractivity (Wildman–Crippen MR) is 121 cm³/mol. The molecule has 0 spiro atoms. The fraction of sp³-hybridized carbons (Fsp3) is 0.115. The third-order valence-electron chi connectivity index (χ3n) is 4.96. The van der Waals surface area contributed by atoms with Crippen molar-refractivity contribution in [1.82, 2.24) is 15.3 Å². The molecule has 0 aliphatic rings. The van der Waals surface area contributed by atoms with Crippen molar-refractivity contribution in [2.45, 2.75) is 19.9 Å². The highest BCUT2D eigenvalue weighted by molar-refractivity contribution is 5.95. The summed E-state index contributed by atoms with van der Waals surface area (Å²) in [5.74, 6) is 0.552. The quantitative estimate of drug-likeness (QED) is 0.441. The van der Waals surface area contributed by atoms with Gasteiger partial charge in [0.05, 0.1) is 6.04 Å². The minimum atomic E-state index is -0.125. The second-order valence-electron chi connectivity index (χ2n) is 7.36. The SMILES string of the molecule is Cc1ccc(C(C)NC(=O)c2cccc(-c3cnc(Oc4ccccc4)nc3)c2)cc1. The molecule has 1 heterocycles. The van der Waals surface area contributed by atoms with Gasteiger partial charge in [-0.3, -0.25) is 4.79 Å². The highest BCUT2D eigenvalue weighted by Crippen LogP contribution is 2.22. The van der Waals surface area contributed by atoms with Gasteiger partial charge in [-0.2, -0.15) is 0 Å². The van der Waals surface area contributed by atoms with E-state index in [1.54, 1.807) is 18.5 Å². The summed E-state index contributed by atoms with van der Waals surface area (Å²) < 4.78 is 5.64. The molecular weight excluding hydrogens is 386 g/mol. The van der Waals surface area contributed by atoms with Crippen LogP contribution in [-0.2, 0) is 0 Å². The lowest BCUT2D eigenvalue weighted by Gasteiger charge is -2.15. The molecule has 0 aliphatic heterocycles. The Balaban J connectivity index is 1.46. The van der Waals surface area contributed by atoms with Crippen LogP contribution in [0.2, 0.25) is 0 Å². The van der Waals surface area contributed by atoms with Crippen molar-refractivity contribution in [1.29, 1.82) is 0 Å². The van der Waals surface area contributed by atoms with Gasteiger partial charge in [-0.25, -0.2) is 9.97 Å². The van der Waals surface area contributed by atoms with Crippen LogP contribution < -0.4 is 10.1 Å². The summed E-state index contributed by atoms with van der Waals surface area (Å²) in [6, 6.07) is 25.2. The van der Waals surface area contributed by atoms with E-state index in [2.05, 4.69) is 15.3 Å². The average Bonchev–Trinajstić information content (AvgIpc) is 2.81. The minimum Gasteiger partial charge on any atom is -0.424 e. The molecule has 1 amide bonds. The van der Waals surface area contributed by atoms with Gasteiger partial charge in [0, 0.05) is 23.5 Å². The van der Waals surface area contributed by atoms with Crippen LogP contribution in [0.5, 0.6) is 11.8 Å². The van der Waals surface area contributed by atoms with E-state index in [1.807, 2.05) is 86.6 Å². The van der Waals surface area contributed by atoms with Crippen LogP contribution in [0.25, 0.3) is 11.1 Å². The first-order valence-electron chi connectivity index (χ1n) is 10.1. The number of rotatable bonds is 6. The van der Waals surface area contributed by atoms with E-state index in [4.69, 9.17) is 4.74 Å². The number of para-hydroxylation sites is 1. The zero-order valence-corrected chi connectivity index (χ0v) is 17.4. The summed E-state index contributed by atoms with van der Waals surface area (Å²) in [6.45, 7) is 4.02. The Morgan fingerprint density at radius 1 is 0.871 bits per heavy atom. The summed E-state index contributed by atoms with van der Waals surface area (Å²) in [4.78, 5) is 21.3. The third-order valence-corrected chi connectivity index (χ3v) is 4.96. The number of hydrogen-bond acceptors (Lipinski definition) is 4. The van der Waals surface area contributed by atoms with Gasteiger partial charge in [0.25, 0.3) is 5.91 Å². The Kier molecular flexibility index (Phi) is 6.03. The molecule has 1 unspecified atom stereocenters. The molecule has 31 heavy (non-hydrogen) atoms. The first-order chi connectivity index (χ1) is 15.1. The average molecular weight is 409 g/mol. The molecule has 4 rings (SSSR count). The van der Waals surface area contributed by atoms with E-state index < -0.39 is 0 Å². The maximum absolute atomic E-state index is 12.8. The maximum Gasteiger partial charge on any atom is 0.321 e. The number of hydrogen-bond donors (Lipinski definition) is 1. The lowest BCUT2D eigenvalue weighted by atomic mass is 10.0. The van der Waals surface area contributed by atoms with E-state index >= 15 is 0 Å². The fourth-order valence-electron chi connectivity index (χ4n) is 3.17. The van der Waals surface area contributed by atoms with E-state index in [9.17, 15) is 4.79 Å². The minimum absolute atomic E-state index is 0.0884. The Labute approximate surface area is 181 Å². The number of carbonyl (C=O) groups is 1. The number of aromatic nitrogens is 2. The first-order valence-corrected chi connectivity index (χ1v) is 10.1. The normalized spacial score (nSPS) is 11.5. The molecule has 5 nitrogen and oxygen atoms in total. The lowest BCUT2D eigenvalue weighted by Crippen LogP contribution is -2.26. The lowest BCUT2D eigenvalue weighted by molar-refractivity contribution is 0.0940. The van der Waals surface area contributed by atoms with Crippen molar-refractivity contribution in [3.8, 4) is 22.9 Å². The van der Waals surface area contributed by atoms with Crippen LogP contribution in [0.1, 0.15) is 34.5 Å². The molecule has 0 fully saturated rings. The Morgan fingerprint density at radius 3 is 2.29 bits per heavy atom. The third kappa shape index (κ3) is 5.14. The number of benzene rings is 3. The summed E-state index contributed by atoms with van der Waals surface area (Å²) in [5.41, 5.74) is 4.51. The molecule has 1 atom stereocenters. The summed E-state index contributed by atoms with van der Waals surface area (Å²) in [6.07, 6.45) is 3.38. The van der Waals surface area contributed by atoms with E-state index in [-0.39, 0.29) is 18.0 Å². The van der Waals surface area contributed by atoms with E-state index in [0.717, 1.165) is 16.7 Å². The summed E-state index contributed by atoms with van der Waals surface area (Å²) >= 11 is 0. The number of nitrogens with one attached hydrogen (secondary N) is 1. The Hall–Kier alpha value is -3.99. The second-order valence-corrected chi connectivity index (χ2v) is 7.36. The molecule has 0 saturated heterocycles.